The summed E-state index contributed by atoms with van der Waals surface area (Å²) in [6.45, 7) is 13.0. The van der Waals surface area contributed by atoms with Crippen LogP contribution >= 0.6 is 0 Å². The Kier molecular flexibility index (Phi) is 5.65. The van der Waals surface area contributed by atoms with Gasteiger partial charge in [0.15, 0.2) is 0 Å². The Labute approximate surface area is 129 Å². The van der Waals surface area contributed by atoms with Crippen LogP contribution in [-0.2, 0) is 0 Å². The smallest absolute Gasteiger partial charge is 0.124 e. The number of rotatable bonds is 7. The minimum atomic E-state index is 0.0831. The van der Waals surface area contributed by atoms with Gasteiger partial charge in [0.1, 0.15) is 5.75 Å². The second-order valence-electron chi connectivity index (χ2n) is 6.31. The summed E-state index contributed by atoms with van der Waals surface area (Å²) in [7, 11) is 0. The van der Waals surface area contributed by atoms with Gasteiger partial charge in [-0.25, -0.2) is 0 Å². The zero-order chi connectivity index (χ0) is 15.3. The predicted molar refractivity (Wildman–Crippen MR) is 88.9 cm³/mol. The van der Waals surface area contributed by atoms with E-state index in [9.17, 15) is 0 Å². The van der Waals surface area contributed by atoms with Crippen molar-refractivity contribution in [1.82, 2.24) is 10.2 Å². The van der Waals surface area contributed by atoms with Crippen LogP contribution in [0.3, 0.4) is 0 Å². The van der Waals surface area contributed by atoms with Crippen LogP contribution in [0.1, 0.15) is 52.1 Å². The number of para-hydroxylation sites is 1. The molecule has 3 heteroatoms. The Morgan fingerprint density at radius 1 is 1.19 bits per heavy atom. The van der Waals surface area contributed by atoms with Crippen LogP contribution in [0.5, 0.6) is 5.75 Å². The number of hydrogen-bond donors (Lipinski definition) is 1. The van der Waals surface area contributed by atoms with E-state index in [0.29, 0.717) is 6.61 Å². The predicted octanol–water partition coefficient (Wildman–Crippen LogP) is 3.61. The highest BCUT2D eigenvalue weighted by Crippen LogP contribution is 2.37. The molecule has 21 heavy (non-hydrogen) atoms. The molecule has 1 aliphatic heterocycles. The zero-order valence-corrected chi connectivity index (χ0v) is 14.0. The summed E-state index contributed by atoms with van der Waals surface area (Å²) < 4.78 is 5.86. The van der Waals surface area contributed by atoms with Gasteiger partial charge >= 0.3 is 0 Å². The van der Waals surface area contributed by atoms with Gasteiger partial charge in [-0.2, -0.15) is 0 Å². The summed E-state index contributed by atoms with van der Waals surface area (Å²) in [5, 5.41) is 3.69. The van der Waals surface area contributed by atoms with Crippen LogP contribution in [0.25, 0.3) is 0 Å². The number of benzene rings is 1. The zero-order valence-electron chi connectivity index (χ0n) is 14.0. The van der Waals surface area contributed by atoms with Crippen LogP contribution in [0, 0.1) is 0 Å². The molecule has 1 atom stereocenters. The summed E-state index contributed by atoms with van der Waals surface area (Å²) in [6, 6.07) is 8.74. The Bertz CT molecular complexity index is 439. The van der Waals surface area contributed by atoms with Gasteiger partial charge in [0.25, 0.3) is 0 Å². The molecule has 0 amide bonds. The molecule has 0 aromatic heterocycles. The molecule has 1 heterocycles. The van der Waals surface area contributed by atoms with Crippen LogP contribution < -0.4 is 10.1 Å². The lowest BCUT2D eigenvalue weighted by molar-refractivity contribution is 0.106. The van der Waals surface area contributed by atoms with Gasteiger partial charge in [-0.1, -0.05) is 25.1 Å². The summed E-state index contributed by atoms with van der Waals surface area (Å²) in [4.78, 5) is 2.61. The van der Waals surface area contributed by atoms with Crippen LogP contribution in [0.15, 0.2) is 24.3 Å². The largest absolute Gasteiger partial charge is 0.494 e. The van der Waals surface area contributed by atoms with Crippen LogP contribution in [-0.4, -0.2) is 36.7 Å². The number of nitrogens with zero attached hydrogens (tertiary/aromatic N) is 1. The maximum atomic E-state index is 5.86. The Hall–Kier alpha value is -1.06. The molecule has 2 rings (SSSR count). The van der Waals surface area contributed by atoms with Crippen molar-refractivity contribution in [2.45, 2.75) is 52.1 Å². The number of ether oxygens (including phenoxy) is 1. The lowest BCUT2D eigenvalue weighted by Crippen LogP contribution is -2.51. The van der Waals surface area contributed by atoms with Gasteiger partial charge in [-0.3, -0.25) is 4.90 Å². The molecule has 1 N–H and O–H groups in total. The highest BCUT2D eigenvalue weighted by atomic mass is 16.5. The molecule has 1 fully saturated rings. The first kappa shape index (κ1) is 16.3. The second-order valence-corrected chi connectivity index (χ2v) is 6.31. The molecule has 0 aliphatic carbocycles. The van der Waals surface area contributed by atoms with Gasteiger partial charge in [-0.05, 0) is 59.3 Å². The molecular formula is C18H30N2O. The maximum Gasteiger partial charge on any atom is 0.124 e. The van der Waals surface area contributed by atoms with Gasteiger partial charge < -0.3 is 10.1 Å². The van der Waals surface area contributed by atoms with Gasteiger partial charge in [-0.15, -0.1) is 0 Å². The standard InChI is InChI=1S/C18H30N2O/c1-5-19-17(18(3,4)20-13-9-10-14-20)15-11-7-8-12-16(15)21-6-2/h7-8,11-12,17,19H,5-6,9-10,13-14H2,1-4H3. The second kappa shape index (κ2) is 7.28. The van der Waals surface area contributed by atoms with Crippen molar-refractivity contribution in [2.75, 3.05) is 26.2 Å². The van der Waals surface area contributed by atoms with Crippen molar-refractivity contribution in [3.05, 3.63) is 29.8 Å². The molecule has 3 nitrogen and oxygen atoms in total. The minimum Gasteiger partial charge on any atom is -0.494 e. The van der Waals surface area contributed by atoms with E-state index in [0.717, 1.165) is 12.3 Å². The minimum absolute atomic E-state index is 0.0831. The first-order valence-corrected chi connectivity index (χ1v) is 8.31. The topological polar surface area (TPSA) is 24.5 Å². The molecule has 0 saturated carbocycles. The average Bonchev–Trinajstić information content (AvgIpc) is 3.01. The fourth-order valence-corrected chi connectivity index (χ4v) is 3.43. The molecule has 1 aromatic rings. The van der Waals surface area contributed by atoms with Crippen LogP contribution in [0.4, 0.5) is 0 Å². The van der Waals surface area contributed by atoms with E-state index in [1.165, 1.54) is 31.5 Å². The van der Waals surface area contributed by atoms with Crippen molar-refractivity contribution < 1.29 is 4.74 Å². The normalized spacial score (nSPS) is 17.9. The monoisotopic (exact) mass is 290 g/mol. The number of nitrogens with one attached hydrogen (secondary N) is 1. The Morgan fingerprint density at radius 3 is 2.48 bits per heavy atom. The summed E-state index contributed by atoms with van der Waals surface area (Å²) >= 11 is 0. The highest BCUT2D eigenvalue weighted by molar-refractivity contribution is 5.38. The molecular weight excluding hydrogens is 260 g/mol. The molecule has 1 aromatic carbocycles. The van der Waals surface area contributed by atoms with E-state index in [-0.39, 0.29) is 11.6 Å². The molecule has 1 saturated heterocycles. The van der Waals surface area contributed by atoms with Gasteiger partial charge in [0, 0.05) is 11.1 Å². The quantitative estimate of drug-likeness (QED) is 0.830. The molecule has 1 aliphatic rings. The van der Waals surface area contributed by atoms with E-state index in [1.807, 2.05) is 6.92 Å². The van der Waals surface area contributed by atoms with Crippen molar-refractivity contribution in [1.29, 1.82) is 0 Å². The molecule has 0 bridgehead atoms. The van der Waals surface area contributed by atoms with Crippen molar-refractivity contribution in [3.8, 4) is 5.75 Å². The van der Waals surface area contributed by atoms with Crippen LogP contribution in [0.2, 0.25) is 0 Å². The van der Waals surface area contributed by atoms with E-state index < -0.39 is 0 Å². The third kappa shape index (κ3) is 3.58. The van der Waals surface area contributed by atoms with Gasteiger partial charge in [0.05, 0.1) is 12.6 Å². The Balaban J connectivity index is 2.33. The first-order chi connectivity index (χ1) is 10.1. The van der Waals surface area contributed by atoms with Crippen molar-refractivity contribution in [3.63, 3.8) is 0 Å². The summed E-state index contributed by atoms with van der Waals surface area (Å²) in [6.07, 6.45) is 2.63. The lowest BCUT2D eigenvalue weighted by Gasteiger charge is -2.43. The third-order valence-corrected chi connectivity index (χ3v) is 4.57. The van der Waals surface area contributed by atoms with E-state index >= 15 is 0 Å². The highest BCUT2D eigenvalue weighted by Gasteiger charge is 2.38. The maximum absolute atomic E-state index is 5.86. The lowest BCUT2D eigenvalue weighted by atomic mass is 9.86. The van der Waals surface area contributed by atoms with E-state index in [4.69, 9.17) is 4.74 Å². The van der Waals surface area contributed by atoms with E-state index in [1.54, 1.807) is 0 Å². The Morgan fingerprint density at radius 2 is 1.86 bits per heavy atom. The fraction of sp³-hybridized carbons (Fsp3) is 0.667. The number of likely N-dealkylation sites (N-methyl/N-ethyl adjacent to an activating group) is 1. The fourth-order valence-electron chi connectivity index (χ4n) is 3.43. The summed E-state index contributed by atoms with van der Waals surface area (Å²) in [5.41, 5.74) is 1.36. The van der Waals surface area contributed by atoms with Gasteiger partial charge in [0.2, 0.25) is 0 Å². The number of hydrogen-bond acceptors (Lipinski definition) is 3. The first-order valence-electron chi connectivity index (χ1n) is 8.31. The van der Waals surface area contributed by atoms with E-state index in [2.05, 4.69) is 55.3 Å². The summed E-state index contributed by atoms with van der Waals surface area (Å²) in [5.74, 6) is 1.01. The molecule has 118 valence electrons. The third-order valence-electron chi connectivity index (χ3n) is 4.57. The average molecular weight is 290 g/mol. The molecule has 0 radical (unpaired) electrons. The molecule has 0 spiro atoms. The number of likely N-dealkylation sites (tertiary alicyclic amines) is 1. The SMILES string of the molecule is CCNC(c1ccccc1OCC)C(C)(C)N1CCCC1. The van der Waals surface area contributed by atoms with Crippen molar-refractivity contribution >= 4 is 0 Å². The van der Waals surface area contributed by atoms with Crippen molar-refractivity contribution in [2.24, 2.45) is 0 Å². The molecule has 1 unspecified atom stereocenters.